The van der Waals surface area contributed by atoms with E-state index >= 15 is 0 Å². The maximum Gasteiger partial charge on any atom is 0.314 e. The van der Waals surface area contributed by atoms with Crippen molar-refractivity contribution in [2.45, 2.75) is 18.4 Å². The standard InChI is InChI=1S/C24H20O3/c25-21(17-10-4-1-5-11-17)16-20-22(18-12-6-2-7-13-18)24(26)27-23(20)19-14-8-3-9-15-19/h1-15,20,22-23H,16H2/t20-,22-,23-/m0/s1. The molecule has 1 saturated heterocycles. The second-order valence-corrected chi connectivity index (χ2v) is 6.81. The van der Waals surface area contributed by atoms with Gasteiger partial charge in [0.05, 0.1) is 5.92 Å². The number of carbonyl (C=O) groups excluding carboxylic acids is 2. The molecule has 3 aromatic rings. The summed E-state index contributed by atoms with van der Waals surface area (Å²) in [7, 11) is 0. The number of hydrogen-bond acceptors (Lipinski definition) is 3. The molecule has 0 saturated carbocycles. The van der Waals surface area contributed by atoms with E-state index in [1.807, 2.05) is 91.0 Å². The van der Waals surface area contributed by atoms with Crippen LogP contribution in [0.5, 0.6) is 0 Å². The topological polar surface area (TPSA) is 43.4 Å². The summed E-state index contributed by atoms with van der Waals surface area (Å²) in [4.78, 5) is 25.6. The van der Waals surface area contributed by atoms with Gasteiger partial charge >= 0.3 is 5.97 Å². The van der Waals surface area contributed by atoms with Crippen molar-refractivity contribution in [1.29, 1.82) is 0 Å². The van der Waals surface area contributed by atoms with Gasteiger partial charge in [-0.3, -0.25) is 9.59 Å². The third-order valence-electron chi connectivity index (χ3n) is 5.12. The van der Waals surface area contributed by atoms with E-state index in [2.05, 4.69) is 0 Å². The molecule has 3 aromatic carbocycles. The highest BCUT2D eigenvalue weighted by atomic mass is 16.6. The molecule has 0 bridgehead atoms. The fraction of sp³-hybridized carbons (Fsp3) is 0.167. The van der Waals surface area contributed by atoms with Crippen molar-refractivity contribution in [2.24, 2.45) is 5.92 Å². The smallest absolute Gasteiger partial charge is 0.314 e. The molecule has 0 N–H and O–H groups in total. The van der Waals surface area contributed by atoms with Crippen molar-refractivity contribution in [3.05, 3.63) is 108 Å². The van der Waals surface area contributed by atoms with E-state index in [-0.39, 0.29) is 24.1 Å². The zero-order valence-corrected chi connectivity index (χ0v) is 14.8. The quantitative estimate of drug-likeness (QED) is 0.479. The Bertz CT molecular complexity index is 920. The third kappa shape index (κ3) is 3.54. The summed E-state index contributed by atoms with van der Waals surface area (Å²) in [5.74, 6) is -0.916. The largest absolute Gasteiger partial charge is 0.457 e. The first-order valence-electron chi connectivity index (χ1n) is 9.12. The molecule has 0 radical (unpaired) electrons. The normalized spacial score (nSPS) is 21.6. The molecule has 4 rings (SSSR count). The minimum atomic E-state index is -0.441. The van der Waals surface area contributed by atoms with E-state index in [9.17, 15) is 9.59 Å². The lowest BCUT2D eigenvalue weighted by molar-refractivity contribution is -0.142. The van der Waals surface area contributed by atoms with Crippen LogP contribution in [0.15, 0.2) is 91.0 Å². The molecule has 3 heteroatoms. The van der Waals surface area contributed by atoms with E-state index in [4.69, 9.17) is 4.74 Å². The van der Waals surface area contributed by atoms with Gasteiger partial charge in [-0.1, -0.05) is 91.0 Å². The SMILES string of the molecule is O=C(C[C@@H]1[C@H](c2ccccc2)OC(=O)[C@H]1c1ccccc1)c1ccccc1. The molecular weight excluding hydrogens is 336 g/mol. The number of ether oxygens (including phenoxy) is 1. The summed E-state index contributed by atoms with van der Waals surface area (Å²) < 4.78 is 5.77. The van der Waals surface area contributed by atoms with Crippen LogP contribution in [0.1, 0.15) is 39.9 Å². The van der Waals surface area contributed by atoms with Crippen LogP contribution in [-0.4, -0.2) is 11.8 Å². The molecule has 3 nitrogen and oxygen atoms in total. The molecule has 0 aromatic heterocycles. The molecule has 0 unspecified atom stereocenters. The molecular formula is C24H20O3. The molecule has 3 atom stereocenters. The van der Waals surface area contributed by atoms with E-state index in [1.165, 1.54) is 0 Å². The summed E-state index contributed by atoms with van der Waals surface area (Å²) in [5.41, 5.74) is 2.48. The van der Waals surface area contributed by atoms with Gasteiger partial charge in [-0.2, -0.15) is 0 Å². The Morgan fingerprint density at radius 3 is 1.85 bits per heavy atom. The average molecular weight is 356 g/mol. The molecule has 1 fully saturated rings. The van der Waals surface area contributed by atoms with Crippen molar-refractivity contribution in [3.8, 4) is 0 Å². The summed E-state index contributed by atoms with van der Waals surface area (Å²) in [5, 5.41) is 0. The summed E-state index contributed by atoms with van der Waals surface area (Å²) in [6.07, 6.45) is -0.161. The van der Waals surface area contributed by atoms with Crippen molar-refractivity contribution < 1.29 is 14.3 Å². The first kappa shape index (κ1) is 17.2. The Hall–Kier alpha value is -3.20. The first-order chi connectivity index (χ1) is 13.2. The summed E-state index contributed by atoms with van der Waals surface area (Å²) in [6, 6.07) is 28.5. The van der Waals surface area contributed by atoms with Gasteiger partial charge in [-0.25, -0.2) is 0 Å². The zero-order valence-electron chi connectivity index (χ0n) is 14.8. The number of benzene rings is 3. The van der Waals surface area contributed by atoms with Crippen LogP contribution >= 0.6 is 0 Å². The highest BCUT2D eigenvalue weighted by molar-refractivity contribution is 5.97. The lowest BCUT2D eigenvalue weighted by Crippen LogP contribution is -2.19. The Morgan fingerprint density at radius 1 is 0.741 bits per heavy atom. The van der Waals surface area contributed by atoms with Crippen LogP contribution in [0.2, 0.25) is 0 Å². The number of carbonyl (C=O) groups is 2. The van der Waals surface area contributed by atoms with Crippen LogP contribution < -0.4 is 0 Å². The Morgan fingerprint density at radius 2 is 1.26 bits per heavy atom. The predicted molar refractivity (Wildman–Crippen MR) is 103 cm³/mol. The van der Waals surface area contributed by atoms with E-state index in [0.717, 1.165) is 11.1 Å². The summed E-state index contributed by atoms with van der Waals surface area (Å²) in [6.45, 7) is 0. The number of rotatable bonds is 5. The predicted octanol–water partition coefficient (Wildman–Crippen LogP) is 4.96. The maximum absolute atomic E-state index is 12.9. The number of Topliss-reactive ketones (excluding diaryl/α,β-unsaturated/α-hetero) is 1. The van der Waals surface area contributed by atoms with Gasteiger partial charge < -0.3 is 4.74 Å². The molecule has 0 spiro atoms. The number of esters is 1. The molecule has 0 aliphatic carbocycles. The molecule has 1 aliphatic heterocycles. The molecule has 0 amide bonds. The van der Waals surface area contributed by atoms with E-state index < -0.39 is 12.0 Å². The molecule has 27 heavy (non-hydrogen) atoms. The zero-order chi connectivity index (χ0) is 18.6. The highest BCUT2D eigenvalue weighted by Gasteiger charge is 2.46. The summed E-state index contributed by atoms with van der Waals surface area (Å²) >= 11 is 0. The Labute approximate surface area is 158 Å². The number of cyclic esters (lactones) is 1. The lowest BCUT2D eigenvalue weighted by Gasteiger charge is -2.21. The van der Waals surface area contributed by atoms with Crippen LogP contribution in [0.3, 0.4) is 0 Å². The van der Waals surface area contributed by atoms with Crippen LogP contribution in [0.4, 0.5) is 0 Å². The highest BCUT2D eigenvalue weighted by Crippen LogP contribution is 2.46. The van der Waals surface area contributed by atoms with Gasteiger partial charge in [-0.15, -0.1) is 0 Å². The fourth-order valence-electron chi connectivity index (χ4n) is 3.82. The van der Waals surface area contributed by atoms with Gasteiger partial charge in [0.25, 0.3) is 0 Å². The first-order valence-corrected chi connectivity index (χ1v) is 9.12. The average Bonchev–Trinajstić information content (AvgIpc) is 3.05. The van der Waals surface area contributed by atoms with Gasteiger partial charge in [0.1, 0.15) is 6.10 Å². The van der Waals surface area contributed by atoms with Gasteiger partial charge in [0, 0.05) is 17.9 Å². The van der Waals surface area contributed by atoms with Gasteiger partial charge in [-0.05, 0) is 11.1 Å². The number of hydrogen-bond donors (Lipinski definition) is 0. The Kier molecular flexibility index (Phi) is 4.84. The minimum absolute atomic E-state index is 0.0285. The Balaban J connectivity index is 1.70. The number of ketones is 1. The van der Waals surface area contributed by atoms with Gasteiger partial charge in [0.2, 0.25) is 0 Å². The monoisotopic (exact) mass is 356 g/mol. The third-order valence-corrected chi connectivity index (χ3v) is 5.12. The van der Waals surface area contributed by atoms with E-state index in [1.54, 1.807) is 0 Å². The molecule has 134 valence electrons. The van der Waals surface area contributed by atoms with Crippen LogP contribution in [0.25, 0.3) is 0 Å². The lowest BCUT2D eigenvalue weighted by atomic mass is 9.79. The molecule has 1 heterocycles. The molecule has 1 aliphatic rings. The second kappa shape index (κ2) is 7.58. The minimum Gasteiger partial charge on any atom is -0.457 e. The van der Waals surface area contributed by atoms with Crippen LogP contribution in [-0.2, 0) is 9.53 Å². The van der Waals surface area contributed by atoms with Crippen molar-refractivity contribution in [1.82, 2.24) is 0 Å². The maximum atomic E-state index is 12.9. The fourth-order valence-corrected chi connectivity index (χ4v) is 3.82. The van der Waals surface area contributed by atoms with E-state index in [0.29, 0.717) is 5.56 Å². The van der Waals surface area contributed by atoms with Crippen molar-refractivity contribution >= 4 is 11.8 Å². The van der Waals surface area contributed by atoms with Crippen LogP contribution in [0, 0.1) is 5.92 Å². The van der Waals surface area contributed by atoms with Crippen molar-refractivity contribution in [2.75, 3.05) is 0 Å². The second-order valence-electron chi connectivity index (χ2n) is 6.81. The van der Waals surface area contributed by atoms with Gasteiger partial charge in [0.15, 0.2) is 5.78 Å². The van der Waals surface area contributed by atoms with Crippen molar-refractivity contribution in [3.63, 3.8) is 0 Å².